The number of ether oxygens (including phenoxy) is 1. The van der Waals surface area contributed by atoms with Gasteiger partial charge in [-0.2, -0.15) is 0 Å². The number of nitrogens with zero attached hydrogens (tertiary/aromatic N) is 1. The molecule has 0 radical (unpaired) electrons. The van der Waals surface area contributed by atoms with Crippen LogP contribution in [0.25, 0.3) is 0 Å². The zero-order valence-corrected chi connectivity index (χ0v) is 10.7. The van der Waals surface area contributed by atoms with Crippen LogP contribution in [0, 0.1) is 5.92 Å². The molecule has 0 bridgehead atoms. The standard InChI is InChI=1S/C11H22N2O3/c1-6-13(7-2)11(15)12-9(8(3)4)10(14)16-5/h8-9H,6-7H2,1-5H3,(H,12,15)/t9-/m0/s1. The molecule has 0 unspecified atom stereocenters. The van der Waals surface area contributed by atoms with Crippen molar-refractivity contribution >= 4 is 12.0 Å². The van der Waals surface area contributed by atoms with Gasteiger partial charge in [0, 0.05) is 13.1 Å². The number of carbonyl (C=O) groups excluding carboxylic acids is 2. The van der Waals surface area contributed by atoms with Crippen LogP contribution in [-0.2, 0) is 9.53 Å². The van der Waals surface area contributed by atoms with Crippen LogP contribution < -0.4 is 5.32 Å². The van der Waals surface area contributed by atoms with Gasteiger partial charge in [0.15, 0.2) is 0 Å². The molecule has 0 aromatic heterocycles. The maximum absolute atomic E-state index is 11.7. The van der Waals surface area contributed by atoms with Gasteiger partial charge in [0.2, 0.25) is 0 Å². The molecule has 0 saturated heterocycles. The first-order valence-corrected chi connectivity index (χ1v) is 5.61. The SMILES string of the molecule is CCN(CC)C(=O)N[C@H](C(=O)OC)C(C)C. The molecule has 0 aromatic carbocycles. The van der Waals surface area contributed by atoms with Crippen molar-refractivity contribution in [2.45, 2.75) is 33.7 Å². The number of carbonyl (C=O) groups is 2. The van der Waals surface area contributed by atoms with Crippen LogP contribution in [0.2, 0.25) is 0 Å². The number of nitrogens with one attached hydrogen (secondary N) is 1. The van der Waals surface area contributed by atoms with Gasteiger partial charge < -0.3 is 15.0 Å². The summed E-state index contributed by atoms with van der Waals surface area (Å²) in [6.45, 7) is 8.76. The lowest BCUT2D eigenvalue weighted by Crippen LogP contribution is -2.50. The van der Waals surface area contributed by atoms with Crippen molar-refractivity contribution < 1.29 is 14.3 Å². The van der Waals surface area contributed by atoms with Crippen molar-refractivity contribution in [2.24, 2.45) is 5.92 Å². The minimum absolute atomic E-state index is 0.00645. The van der Waals surface area contributed by atoms with E-state index in [-0.39, 0.29) is 11.9 Å². The van der Waals surface area contributed by atoms with Gasteiger partial charge in [-0.25, -0.2) is 9.59 Å². The molecule has 0 saturated carbocycles. The van der Waals surface area contributed by atoms with Crippen LogP contribution in [0.4, 0.5) is 4.79 Å². The van der Waals surface area contributed by atoms with Gasteiger partial charge in [-0.05, 0) is 19.8 Å². The molecular formula is C11H22N2O3. The largest absolute Gasteiger partial charge is 0.467 e. The Morgan fingerprint density at radius 2 is 1.75 bits per heavy atom. The second-order valence-electron chi connectivity index (χ2n) is 3.87. The average molecular weight is 230 g/mol. The lowest BCUT2D eigenvalue weighted by atomic mass is 10.1. The number of rotatable bonds is 5. The van der Waals surface area contributed by atoms with Crippen molar-refractivity contribution in [1.29, 1.82) is 0 Å². The zero-order chi connectivity index (χ0) is 12.7. The van der Waals surface area contributed by atoms with Gasteiger partial charge in [0.1, 0.15) is 6.04 Å². The van der Waals surface area contributed by atoms with Gasteiger partial charge in [-0.1, -0.05) is 13.8 Å². The second kappa shape index (κ2) is 7.09. The van der Waals surface area contributed by atoms with Crippen LogP contribution in [0.15, 0.2) is 0 Å². The first-order chi connectivity index (χ1) is 7.47. The third kappa shape index (κ3) is 4.08. The Morgan fingerprint density at radius 3 is 2.06 bits per heavy atom. The van der Waals surface area contributed by atoms with E-state index in [4.69, 9.17) is 0 Å². The Hall–Kier alpha value is -1.26. The fraction of sp³-hybridized carbons (Fsp3) is 0.818. The number of hydrogen-bond acceptors (Lipinski definition) is 3. The van der Waals surface area contributed by atoms with Gasteiger partial charge in [-0.3, -0.25) is 0 Å². The molecule has 0 aliphatic carbocycles. The van der Waals surface area contributed by atoms with E-state index in [9.17, 15) is 9.59 Å². The molecular weight excluding hydrogens is 208 g/mol. The Kier molecular flexibility index (Phi) is 6.53. The van der Waals surface area contributed by atoms with E-state index in [0.29, 0.717) is 13.1 Å². The maximum Gasteiger partial charge on any atom is 0.328 e. The molecule has 1 atom stereocenters. The number of amides is 2. The second-order valence-corrected chi connectivity index (χ2v) is 3.87. The highest BCUT2D eigenvalue weighted by Gasteiger charge is 2.26. The van der Waals surface area contributed by atoms with Crippen molar-refractivity contribution in [1.82, 2.24) is 10.2 Å². The highest BCUT2D eigenvalue weighted by atomic mass is 16.5. The van der Waals surface area contributed by atoms with Crippen LogP contribution in [0.3, 0.4) is 0 Å². The normalized spacial score (nSPS) is 12.1. The topological polar surface area (TPSA) is 58.6 Å². The molecule has 5 nitrogen and oxygen atoms in total. The van der Waals surface area contributed by atoms with Crippen molar-refractivity contribution in [3.05, 3.63) is 0 Å². The molecule has 1 N–H and O–H groups in total. The Labute approximate surface area is 97.1 Å². The summed E-state index contributed by atoms with van der Waals surface area (Å²) in [5.74, 6) is -0.400. The van der Waals surface area contributed by atoms with E-state index in [1.807, 2.05) is 27.7 Å². The first kappa shape index (κ1) is 14.7. The summed E-state index contributed by atoms with van der Waals surface area (Å²) in [7, 11) is 1.32. The third-order valence-corrected chi connectivity index (χ3v) is 2.45. The lowest BCUT2D eigenvalue weighted by molar-refractivity contribution is -0.144. The van der Waals surface area contributed by atoms with Crippen molar-refractivity contribution in [3.63, 3.8) is 0 Å². The van der Waals surface area contributed by atoms with Crippen LogP contribution in [-0.4, -0.2) is 43.1 Å². The summed E-state index contributed by atoms with van der Waals surface area (Å²) in [4.78, 5) is 24.8. The summed E-state index contributed by atoms with van der Waals surface area (Å²) in [6, 6.07) is -0.813. The smallest absolute Gasteiger partial charge is 0.328 e. The van der Waals surface area contributed by atoms with E-state index in [2.05, 4.69) is 10.1 Å². The van der Waals surface area contributed by atoms with Gasteiger partial charge in [0.05, 0.1) is 7.11 Å². The van der Waals surface area contributed by atoms with Crippen LogP contribution in [0.1, 0.15) is 27.7 Å². The summed E-state index contributed by atoms with van der Waals surface area (Å²) in [5.41, 5.74) is 0. The number of hydrogen-bond donors (Lipinski definition) is 1. The Balaban J connectivity index is 4.51. The maximum atomic E-state index is 11.7. The van der Waals surface area contributed by atoms with Gasteiger partial charge in [-0.15, -0.1) is 0 Å². The van der Waals surface area contributed by atoms with Gasteiger partial charge >= 0.3 is 12.0 Å². The number of urea groups is 1. The third-order valence-electron chi connectivity index (χ3n) is 2.45. The number of esters is 1. The summed E-state index contributed by atoms with van der Waals surface area (Å²) >= 11 is 0. The molecule has 0 heterocycles. The van der Waals surface area contributed by atoms with Gasteiger partial charge in [0.25, 0.3) is 0 Å². The van der Waals surface area contributed by atoms with E-state index in [0.717, 1.165) is 0 Å². The van der Waals surface area contributed by atoms with Crippen molar-refractivity contribution in [3.8, 4) is 0 Å². The minimum atomic E-state index is -0.585. The molecule has 0 aliphatic heterocycles. The monoisotopic (exact) mass is 230 g/mol. The van der Waals surface area contributed by atoms with Crippen LogP contribution >= 0.6 is 0 Å². The molecule has 0 fully saturated rings. The molecule has 0 aliphatic rings. The number of methoxy groups -OCH3 is 1. The fourth-order valence-electron chi connectivity index (χ4n) is 1.36. The molecule has 94 valence electrons. The minimum Gasteiger partial charge on any atom is -0.467 e. The summed E-state index contributed by atoms with van der Waals surface area (Å²) in [6.07, 6.45) is 0. The van der Waals surface area contributed by atoms with E-state index < -0.39 is 12.0 Å². The molecule has 16 heavy (non-hydrogen) atoms. The highest BCUT2D eigenvalue weighted by Crippen LogP contribution is 2.04. The molecule has 0 spiro atoms. The highest BCUT2D eigenvalue weighted by molar-refractivity contribution is 5.83. The molecule has 0 aromatic rings. The first-order valence-electron chi connectivity index (χ1n) is 5.61. The zero-order valence-electron chi connectivity index (χ0n) is 10.7. The van der Waals surface area contributed by atoms with Crippen molar-refractivity contribution in [2.75, 3.05) is 20.2 Å². The Bertz CT molecular complexity index is 237. The van der Waals surface area contributed by atoms with Crippen LogP contribution in [0.5, 0.6) is 0 Å². The van der Waals surface area contributed by atoms with E-state index >= 15 is 0 Å². The van der Waals surface area contributed by atoms with E-state index in [1.54, 1.807) is 4.90 Å². The fourth-order valence-corrected chi connectivity index (χ4v) is 1.36. The predicted octanol–water partition coefficient (Wildman–Crippen LogP) is 1.24. The molecule has 0 rings (SSSR count). The quantitative estimate of drug-likeness (QED) is 0.723. The average Bonchev–Trinajstić information content (AvgIpc) is 2.26. The molecule has 2 amide bonds. The Morgan fingerprint density at radius 1 is 1.25 bits per heavy atom. The summed E-state index contributed by atoms with van der Waals surface area (Å²) < 4.78 is 4.65. The predicted molar refractivity (Wildman–Crippen MR) is 62.1 cm³/mol. The lowest BCUT2D eigenvalue weighted by Gasteiger charge is -2.25. The molecule has 5 heteroatoms. The van der Waals surface area contributed by atoms with E-state index in [1.165, 1.54) is 7.11 Å². The summed E-state index contributed by atoms with van der Waals surface area (Å²) in [5, 5.41) is 2.68.